The van der Waals surface area contributed by atoms with E-state index in [1.54, 1.807) is 16.5 Å². The first-order valence-corrected chi connectivity index (χ1v) is 10.9. The van der Waals surface area contributed by atoms with Crippen LogP contribution in [0.4, 0.5) is 11.4 Å². The predicted molar refractivity (Wildman–Crippen MR) is 127 cm³/mol. The van der Waals surface area contributed by atoms with Gasteiger partial charge in [0, 0.05) is 11.4 Å². The zero-order valence-electron chi connectivity index (χ0n) is 18.2. The molecule has 7 heteroatoms. The van der Waals surface area contributed by atoms with Crippen LogP contribution in [0.3, 0.4) is 0 Å². The van der Waals surface area contributed by atoms with Crippen molar-refractivity contribution in [3.05, 3.63) is 102 Å². The highest BCUT2D eigenvalue weighted by atomic mass is 16.2. The number of benzene rings is 3. The van der Waals surface area contributed by atoms with E-state index in [0.29, 0.717) is 24.4 Å². The number of nitrogens with one attached hydrogen (secondary N) is 1. The maximum absolute atomic E-state index is 13.7. The van der Waals surface area contributed by atoms with Gasteiger partial charge in [-0.3, -0.25) is 14.5 Å². The first-order valence-electron chi connectivity index (χ1n) is 10.9. The summed E-state index contributed by atoms with van der Waals surface area (Å²) in [5, 5.41) is 7.43. The number of carbonyl (C=O) groups is 2. The Morgan fingerprint density at radius 3 is 2.33 bits per heavy atom. The summed E-state index contributed by atoms with van der Waals surface area (Å²) < 4.78 is 1.64. The highest BCUT2D eigenvalue weighted by Crippen LogP contribution is 2.32. The molecule has 2 heterocycles. The number of amides is 2. The van der Waals surface area contributed by atoms with Crippen molar-refractivity contribution in [3.63, 3.8) is 0 Å². The van der Waals surface area contributed by atoms with Gasteiger partial charge < -0.3 is 5.32 Å². The smallest absolute Gasteiger partial charge is 0.298 e. The lowest BCUT2D eigenvalue weighted by Gasteiger charge is -2.35. The molecule has 0 saturated heterocycles. The summed E-state index contributed by atoms with van der Waals surface area (Å²) in [6.07, 6.45) is 1.22. The number of aryl methyl sites for hydroxylation is 2. The molecule has 5 rings (SSSR count). The minimum Gasteiger partial charge on any atom is -0.324 e. The number of anilines is 2. The van der Waals surface area contributed by atoms with Gasteiger partial charge in [0.2, 0.25) is 11.7 Å². The van der Waals surface area contributed by atoms with E-state index in [1.807, 2.05) is 84.9 Å². The zero-order chi connectivity index (χ0) is 22.8. The van der Waals surface area contributed by atoms with Gasteiger partial charge in [-0.05, 0) is 55.7 Å². The Bertz CT molecular complexity index is 1300. The lowest BCUT2D eigenvalue weighted by molar-refractivity contribution is -0.117. The van der Waals surface area contributed by atoms with Gasteiger partial charge in [-0.15, -0.1) is 5.10 Å². The molecule has 4 aromatic rings. The number of fused-ring (bicyclic) bond motifs is 1. The van der Waals surface area contributed by atoms with Gasteiger partial charge in [0.25, 0.3) is 5.91 Å². The third-order valence-corrected chi connectivity index (χ3v) is 5.77. The van der Waals surface area contributed by atoms with Gasteiger partial charge in [-0.1, -0.05) is 54.6 Å². The van der Waals surface area contributed by atoms with E-state index in [1.165, 1.54) is 0 Å². The molecule has 2 amide bonds. The molecule has 1 aliphatic heterocycles. The Kier molecular flexibility index (Phi) is 5.44. The Labute approximate surface area is 191 Å². The van der Waals surface area contributed by atoms with E-state index < -0.39 is 11.9 Å². The molecule has 1 N–H and O–H groups in total. The lowest BCUT2D eigenvalue weighted by Crippen LogP contribution is -2.50. The molecular weight excluding hydrogens is 414 g/mol. The molecule has 7 nitrogen and oxygen atoms in total. The Balaban J connectivity index is 1.51. The van der Waals surface area contributed by atoms with E-state index >= 15 is 0 Å². The average molecular weight is 438 g/mol. The fourth-order valence-electron chi connectivity index (χ4n) is 4.19. The van der Waals surface area contributed by atoms with Crippen LogP contribution in [-0.4, -0.2) is 32.6 Å². The highest BCUT2D eigenvalue weighted by Gasteiger charge is 2.37. The van der Waals surface area contributed by atoms with Gasteiger partial charge in [-0.2, -0.15) is 0 Å². The summed E-state index contributed by atoms with van der Waals surface area (Å²) in [5.41, 5.74) is 3.25. The summed E-state index contributed by atoms with van der Waals surface area (Å²) in [6, 6.07) is 25.8. The standard InChI is InChI=1S/C26H23N5O2/c1-18-27-24(29-31(18)21-13-6-3-7-14-21)26(33)30-22-15-9-8-10-19(22)16-17-23(30)25(32)28-20-11-4-2-5-12-20/h2-15,23H,16-17H2,1H3,(H,28,32). The fourth-order valence-corrected chi connectivity index (χ4v) is 4.19. The van der Waals surface area contributed by atoms with Gasteiger partial charge in [0.1, 0.15) is 11.9 Å². The largest absolute Gasteiger partial charge is 0.324 e. The van der Waals surface area contributed by atoms with Crippen molar-refractivity contribution < 1.29 is 9.59 Å². The zero-order valence-corrected chi connectivity index (χ0v) is 18.2. The van der Waals surface area contributed by atoms with Crippen molar-refractivity contribution in [1.82, 2.24) is 14.8 Å². The fraction of sp³-hybridized carbons (Fsp3) is 0.154. The number of carbonyl (C=O) groups excluding carboxylic acids is 2. The van der Waals surface area contributed by atoms with Crippen LogP contribution in [0.1, 0.15) is 28.4 Å². The first-order chi connectivity index (χ1) is 16.1. The van der Waals surface area contributed by atoms with Gasteiger partial charge >= 0.3 is 0 Å². The van der Waals surface area contributed by atoms with E-state index in [0.717, 1.165) is 16.9 Å². The molecule has 1 aliphatic rings. The molecule has 164 valence electrons. The maximum Gasteiger partial charge on any atom is 0.298 e. The second-order valence-electron chi connectivity index (χ2n) is 7.94. The number of hydrogen-bond acceptors (Lipinski definition) is 4. The van der Waals surface area contributed by atoms with Crippen LogP contribution >= 0.6 is 0 Å². The highest BCUT2D eigenvalue weighted by molar-refractivity contribution is 6.10. The van der Waals surface area contributed by atoms with E-state index in [4.69, 9.17) is 0 Å². The van der Waals surface area contributed by atoms with Crippen molar-refractivity contribution in [3.8, 4) is 5.69 Å². The van der Waals surface area contributed by atoms with Crippen LogP contribution in [0.5, 0.6) is 0 Å². The maximum atomic E-state index is 13.7. The second kappa shape index (κ2) is 8.70. The third-order valence-electron chi connectivity index (χ3n) is 5.77. The van der Waals surface area contributed by atoms with Gasteiger partial charge in [0.15, 0.2) is 0 Å². The van der Waals surface area contributed by atoms with Crippen LogP contribution in [0.2, 0.25) is 0 Å². The topological polar surface area (TPSA) is 80.1 Å². The molecule has 0 radical (unpaired) electrons. The minimum atomic E-state index is -0.670. The molecule has 1 atom stereocenters. The SMILES string of the molecule is Cc1nc(C(=O)N2c3ccccc3CCC2C(=O)Nc2ccccc2)nn1-c1ccccc1. The molecule has 0 saturated carbocycles. The molecule has 33 heavy (non-hydrogen) atoms. The van der Waals surface area contributed by atoms with Crippen LogP contribution in [0.15, 0.2) is 84.9 Å². The van der Waals surface area contributed by atoms with Gasteiger partial charge in [0.05, 0.1) is 5.69 Å². The van der Waals surface area contributed by atoms with Crippen LogP contribution in [-0.2, 0) is 11.2 Å². The van der Waals surface area contributed by atoms with Crippen molar-refractivity contribution in [2.45, 2.75) is 25.8 Å². The average Bonchev–Trinajstić information content (AvgIpc) is 3.25. The Hall–Kier alpha value is -4.26. The van der Waals surface area contributed by atoms with Crippen molar-refractivity contribution in [1.29, 1.82) is 0 Å². The molecular formula is C26H23N5O2. The van der Waals surface area contributed by atoms with Crippen LogP contribution < -0.4 is 10.2 Å². The Morgan fingerprint density at radius 2 is 1.58 bits per heavy atom. The summed E-state index contributed by atoms with van der Waals surface area (Å²) in [4.78, 5) is 33.0. The first kappa shape index (κ1) is 20.6. The number of aromatic nitrogens is 3. The summed E-state index contributed by atoms with van der Waals surface area (Å²) in [5.74, 6) is 0.0297. The van der Waals surface area contributed by atoms with Gasteiger partial charge in [-0.25, -0.2) is 9.67 Å². The lowest BCUT2D eigenvalue weighted by atomic mass is 9.95. The van der Waals surface area contributed by atoms with Crippen molar-refractivity contribution >= 4 is 23.2 Å². The molecule has 0 spiro atoms. The van der Waals surface area contributed by atoms with E-state index in [-0.39, 0.29) is 11.7 Å². The number of hydrogen-bond donors (Lipinski definition) is 1. The quantitative estimate of drug-likeness (QED) is 0.520. The molecule has 0 fully saturated rings. The molecule has 0 aliphatic carbocycles. The number of nitrogens with zero attached hydrogens (tertiary/aromatic N) is 4. The summed E-state index contributed by atoms with van der Waals surface area (Å²) in [6.45, 7) is 1.81. The van der Waals surface area contributed by atoms with E-state index in [2.05, 4.69) is 15.4 Å². The third kappa shape index (κ3) is 4.01. The number of rotatable bonds is 4. The molecule has 1 unspecified atom stereocenters. The van der Waals surface area contributed by atoms with E-state index in [9.17, 15) is 9.59 Å². The second-order valence-corrected chi connectivity index (χ2v) is 7.94. The van der Waals surface area contributed by atoms with Crippen molar-refractivity contribution in [2.24, 2.45) is 0 Å². The van der Waals surface area contributed by atoms with Crippen LogP contribution in [0, 0.1) is 6.92 Å². The molecule has 3 aromatic carbocycles. The molecule has 1 aromatic heterocycles. The van der Waals surface area contributed by atoms with Crippen molar-refractivity contribution in [2.75, 3.05) is 10.2 Å². The van der Waals surface area contributed by atoms with Crippen LogP contribution in [0.25, 0.3) is 5.69 Å². The monoisotopic (exact) mass is 437 g/mol. The molecule has 0 bridgehead atoms. The number of para-hydroxylation sites is 3. The predicted octanol–water partition coefficient (Wildman–Crippen LogP) is 4.18. The summed E-state index contributed by atoms with van der Waals surface area (Å²) >= 11 is 0. The Morgan fingerprint density at radius 1 is 0.909 bits per heavy atom. The normalized spacial score (nSPS) is 15.1. The summed E-state index contributed by atoms with van der Waals surface area (Å²) in [7, 11) is 0. The minimum absolute atomic E-state index is 0.0607.